The van der Waals surface area contributed by atoms with Crippen LogP contribution in [0.5, 0.6) is 0 Å². The summed E-state index contributed by atoms with van der Waals surface area (Å²) >= 11 is 0. The molecular weight excluding hydrogens is 229 g/mol. The van der Waals surface area contributed by atoms with Crippen LogP contribution in [0, 0.1) is 6.92 Å². The van der Waals surface area contributed by atoms with Gasteiger partial charge in [-0.15, -0.1) is 0 Å². The number of anilines is 2. The molecule has 1 rings (SSSR count). The van der Waals surface area contributed by atoms with Gasteiger partial charge in [-0.2, -0.15) is 13.2 Å². The number of hydrogen-bond acceptors (Lipinski definition) is 2. The number of alkyl halides is 3. The monoisotopic (exact) mass is 246 g/mol. The third-order valence-electron chi connectivity index (χ3n) is 2.50. The maximum absolute atomic E-state index is 12.5. The molecule has 0 atom stereocenters. The maximum Gasteiger partial charge on any atom is 0.405 e. The van der Waals surface area contributed by atoms with Crippen molar-refractivity contribution in [2.45, 2.75) is 33.0 Å². The number of halogens is 3. The molecule has 0 aliphatic heterocycles. The fraction of sp³-hybridized carbons (Fsp3) is 0.500. The van der Waals surface area contributed by atoms with Crippen molar-refractivity contribution < 1.29 is 13.2 Å². The van der Waals surface area contributed by atoms with Crippen LogP contribution in [0.2, 0.25) is 0 Å². The summed E-state index contributed by atoms with van der Waals surface area (Å²) in [5.41, 5.74) is 7.48. The van der Waals surface area contributed by atoms with Gasteiger partial charge in [-0.25, -0.2) is 0 Å². The lowest BCUT2D eigenvalue weighted by Gasteiger charge is -2.31. The molecule has 2 nitrogen and oxygen atoms in total. The minimum Gasteiger partial charge on any atom is -0.399 e. The van der Waals surface area contributed by atoms with E-state index in [4.69, 9.17) is 5.73 Å². The van der Waals surface area contributed by atoms with E-state index >= 15 is 0 Å². The standard InChI is InChI=1S/C12H17F3N2/c1-8(2)17(7-12(13,14)15)11-5-4-10(16)6-9(11)3/h4-6,8H,7,16H2,1-3H3. The highest BCUT2D eigenvalue weighted by molar-refractivity contribution is 5.59. The largest absolute Gasteiger partial charge is 0.405 e. The molecule has 0 saturated carbocycles. The van der Waals surface area contributed by atoms with Gasteiger partial charge >= 0.3 is 6.18 Å². The van der Waals surface area contributed by atoms with Gasteiger partial charge in [0.2, 0.25) is 0 Å². The zero-order valence-corrected chi connectivity index (χ0v) is 10.2. The van der Waals surface area contributed by atoms with Gasteiger partial charge in [0.15, 0.2) is 0 Å². The highest BCUT2D eigenvalue weighted by Gasteiger charge is 2.32. The van der Waals surface area contributed by atoms with Gasteiger partial charge < -0.3 is 10.6 Å². The Kier molecular flexibility index (Phi) is 3.91. The number of rotatable bonds is 3. The molecule has 17 heavy (non-hydrogen) atoms. The summed E-state index contributed by atoms with van der Waals surface area (Å²) in [6.07, 6.45) is -4.21. The van der Waals surface area contributed by atoms with Crippen molar-refractivity contribution in [3.8, 4) is 0 Å². The lowest BCUT2D eigenvalue weighted by atomic mass is 10.1. The van der Waals surface area contributed by atoms with E-state index in [-0.39, 0.29) is 6.04 Å². The van der Waals surface area contributed by atoms with Crippen LogP contribution in [0.15, 0.2) is 18.2 Å². The first-order chi connectivity index (χ1) is 7.70. The second kappa shape index (κ2) is 4.85. The summed E-state index contributed by atoms with van der Waals surface area (Å²) in [5, 5.41) is 0. The molecule has 0 spiro atoms. The number of benzene rings is 1. The fourth-order valence-electron chi connectivity index (χ4n) is 1.74. The molecule has 0 saturated heterocycles. The summed E-state index contributed by atoms with van der Waals surface area (Å²) in [6.45, 7) is 4.29. The Balaban J connectivity index is 3.06. The summed E-state index contributed by atoms with van der Waals surface area (Å²) in [6, 6.07) is 4.71. The third-order valence-corrected chi connectivity index (χ3v) is 2.50. The number of nitrogens with zero attached hydrogens (tertiary/aromatic N) is 1. The van der Waals surface area contributed by atoms with Gasteiger partial charge in [0, 0.05) is 17.4 Å². The van der Waals surface area contributed by atoms with E-state index in [1.807, 2.05) is 0 Å². The van der Waals surface area contributed by atoms with Crippen LogP contribution in [-0.4, -0.2) is 18.8 Å². The molecule has 0 radical (unpaired) electrons. The molecule has 1 aromatic carbocycles. The molecule has 0 fully saturated rings. The predicted molar refractivity (Wildman–Crippen MR) is 64.1 cm³/mol. The molecule has 0 aromatic heterocycles. The maximum atomic E-state index is 12.5. The third kappa shape index (κ3) is 3.84. The van der Waals surface area contributed by atoms with Crippen LogP contribution in [-0.2, 0) is 0 Å². The van der Waals surface area contributed by atoms with Crippen molar-refractivity contribution in [1.82, 2.24) is 0 Å². The zero-order chi connectivity index (χ0) is 13.2. The smallest absolute Gasteiger partial charge is 0.399 e. The van der Waals surface area contributed by atoms with Crippen molar-refractivity contribution in [3.63, 3.8) is 0 Å². The second-order valence-corrected chi connectivity index (χ2v) is 4.38. The fourth-order valence-corrected chi connectivity index (χ4v) is 1.74. The van der Waals surface area contributed by atoms with Gasteiger partial charge in [-0.3, -0.25) is 0 Å². The minimum atomic E-state index is -4.21. The van der Waals surface area contributed by atoms with Crippen molar-refractivity contribution in [1.29, 1.82) is 0 Å². The van der Waals surface area contributed by atoms with E-state index < -0.39 is 12.7 Å². The average molecular weight is 246 g/mol. The van der Waals surface area contributed by atoms with Gasteiger partial charge in [0.25, 0.3) is 0 Å². The van der Waals surface area contributed by atoms with E-state index in [1.54, 1.807) is 39.0 Å². The van der Waals surface area contributed by atoms with Crippen LogP contribution in [0.4, 0.5) is 24.5 Å². The Labute approximate surface area is 99.2 Å². The first-order valence-electron chi connectivity index (χ1n) is 5.40. The molecule has 0 aliphatic rings. The van der Waals surface area contributed by atoms with E-state index in [2.05, 4.69) is 0 Å². The van der Waals surface area contributed by atoms with Crippen molar-refractivity contribution in [2.24, 2.45) is 0 Å². The van der Waals surface area contributed by atoms with Crippen LogP contribution < -0.4 is 10.6 Å². The summed E-state index contributed by atoms with van der Waals surface area (Å²) in [4.78, 5) is 1.33. The lowest BCUT2D eigenvalue weighted by molar-refractivity contribution is -0.120. The molecule has 0 heterocycles. The SMILES string of the molecule is Cc1cc(N)ccc1N(CC(F)(F)F)C(C)C. The first kappa shape index (κ1) is 13.7. The highest BCUT2D eigenvalue weighted by Crippen LogP contribution is 2.28. The molecule has 1 aromatic rings. The Morgan fingerprint density at radius 3 is 2.29 bits per heavy atom. The number of nitrogen functional groups attached to an aromatic ring is 1. The Bertz CT molecular complexity index is 386. The minimum absolute atomic E-state index is 0.223. The van der Waals surface area contributed by atoms with Crippen molar-refractivity contribution in [3.05, 3.63) is 23.8 Å². The Morgan fingerprint density at radius 1 is 1.29 bits per heavy atom. The van der Waals surface area contributed by atoms with Gasteiger partial charge in [0.05, 0.1) is 0 Å². The Morgan fingerprint density at radius 2 is 1.88 bits per heavy atom. The topological polar surface area (TPSA) is 29.3 Å². The molecule has 2 N–H and O–H groups in total. The van der Waals surface area contributed by atoms with Gasteiger partial charge in [-0.1, -0.05) is 0 Å². The number of nitrogens with two attached hydrogens (primary N) is 1. The highest BCUT2D eigenvalue weighted by atomic mass is 19.4. The van der Waals surface area contributed by atoms with Gasteiger partial charge in [-0.05, 0) is 44.5 Å². The predicted octanol–water partition coefficient (Wildman–Crippen LogP) is 3.35. The van der Waals surface area contributed by atoms with E-state index in [1.165, 1.54) is 4.90 Å². The van der Waals surface area contributed by atoms with E-state index in [9.17, 15) is 13.2 Å². The van der Waals surface area contributed by atoms with Crippen LogP contribution in [0.3, 0.4) is 0 Å². The van der Waals surface area contributed by atoms with Crippen molar-refractivity contribution >= 4 is 11.4 Å². The molecular formula is C12H17F3N2. The zero-order valence-electron chi connectivity index (χ0n) is 10.2. The molecule has 5 heteroatoms. The summed E-state index contributed by atoms with van der Waals surface area (Å²) in [7, 11) is 0. The molecule has 0 bridgehead atoms. The lowest BCUT2D eigenvalue weighted by Crippen LogP contribution is -2.39. The quantitative estimate of drug-likeness (QED) is 0.829. The number of aryl methyl sites for hydroxylation is 1. The molecule has 0 unspecified atom stereocenters. The second-order valence-electron chi connectivity index (χ2n) is 4.38. The summed E-state index contributed by atoms with van der Waals surface area (Å²) in [5.74, 6) is 0. The van der Waals surface area contributed by atoms with Crippen molar-refractivity contribution in [2.75, 3.05) is 17.2 Å². The van der Waals surface area contributed by atoms with Crippen LogP contribution >= 0.6 is 0 Å². The number of hydrogen-bond donors (Lipinski definition) is 1. The van der Waals surface area contributed by atoms with Gasteiger partial charge in [0.1, 0.15) is 6.54 Å². The van der Waals surface area contributed by atoms with Crippen LogP contribution in [0.1, 0.15) is 19.4 Å². The van der Waals surface area contributed by atoms with E-state index in [0.717, 1.165) is 5.56 Å². The first-order valence-corrected chi connectivity index (χ1v) is 5.40. The normalized spacial score (nSPS) is 11.9. The summed E-state index contributed by atoms with van der Waals surface area (Å²) < 4.78 is 37.5. The molecule has 96 valence electrons. The molecule has 0 amide bonds. The van der Waals surface area contributed by atoms with Crippen LogP contribution in [0.25, 0.3) is 0 Å². The molecule has 0 aliphatic carbocycles. The Hall–Kier alpha value is -1.39. The average Bonchev–Trinajstić information content (AvgIpc) is 2.13. The van der Waals surface area contributed by atoms with E-state index in [0.29, 0.717) is 11.4 Å².